The highest BCUT2D eigenvalue weighted by Gasteiger charge is 2.30. The Morgan fingerprint density at radius 2 is 2.00 bits per heavy atom. The van der Waals surface area contributed by atoms with Gasteiger partial charge >= 0.3 is 6.18 Å². The molecule has 0 saturated heterocycles. The van der Waals surface area contributed by atoms with Crippen LogP contribution in [0.2, 0.25) is 0 Å². The molecule has 0 aliphatic carbocycles. The number of aryl methyl sites for hydroxylation is 1. The van der Waals surface area contributed by atoms with Gasteiger partial charge in [-0.2, -0.15) is 18.3 Å². The normalized spacial score (nSPS) is 14.0. The van der Waals surface area contributed by atoms with Gasteiger partial charge in [-0.1, -0.05) is 0 Å². The molecule has 0 bridgehead atoms. The largest absolute Gasteiger partial charge is 0.417 e. The van der Waals surface area contributed by atoms with Gasteiger partial charge in [0.05, 0.1) is 17.7 Å². The summed E-state index contributed by atoms with van der Waals surface area (Å²) in [4.78, 5) is 16.0. The van der Waals surface area contributed by atoms with Crippen molar-refractivity contribution in [3.63, 3.8) is 0 Å². The Bertz CT molecular complexity index is 847. The molecule has 0 aliphatic heterocycles. The summed E-state index contributed by atoms with van der Waals surface area (Å²) in [6.07, 6.45) is -2.05. The molecule has 27 heavy (non-hydrogen) atoms. The lowest BCUT2D eigenvalue weighted by Gasteiger charge is -2.10. The molecule has 0 aliphatic rings. The van der Waals surface area contributed by atoms with Crippen LogP contribution in [0.1, 0.15) is 29.4 Å². The minimum absolute atomic E-state index is 0.0708. The molecule has 1 amide bonds. The third-order valence-electron chi connectivity index (χ3n) is 4.22. The van der Waals surface area contributed by atoms with E-state index in [9.17, 15) is 22.2 Å². The number of aromatic nitrogens is 3. The third kappa shape index (κ3) is 5.15. The molecule has 0 aromatic carbocycles. The Labute approximate surface area is 157 Å². The summed E-state index contributed by atoms with van der Waals surface area (Å²) in [7, 11) is -1.03. The van der Waals surface area contributed by atoms with E-state index >= 15 is 0 Å². The van der Waals surface area contributed by atoms with Crippen molar-refractivity contribution in [2.75, 3.05) is 12.8 Å². The fraction of sp³-hybridized carbons (Fsp3) is 0.471. The molecule has 1 N–H and O–H groups in total. The molecule has 0 radical (unpaired) electrons. The molecule has 148 valence electrons. The van der Waals surface area contributed by atoms with Crippen LogP contribution in [-0.2, 0) is 28.2 Å². The van der Waals surface area contributed by atoms with Crippen molar-refractivity contribution in [1.82, 2.24) is 20.1 Å². The summed E-state index contributed by atoms with van der Waals surface area (Å²) in [5.41, 5.74) is 1.06. The Morgan fingerprint density at radius 1 is 1.33 bits per heavy atom. The van der Waals surface area contributed by atoms with Gasteiger partial charge in [-0.3, -0.25) is 9.00 Å². The number of pyridine rings is 1. The van der Waals surface area contributed by atoms with Crippen molar-refractivity contribution in [3.8, 4) is 5.82 Å². The van der Waals surface area contributed by atoms with E-state index in [1.54, 1.807) is 27.0 Å². The quantitative estimate of drug-likeness (QED) is 0.805. The summed E-state index contributed by atoms with van der Waals surface area (Å²) < 4.78 is 50.8. The zero-order valence-corrected chi connectivity index (χ0v) is 16.2. The Kier molecular flexibility index (Phi) is 6.40. The first kappa shape index (κ1) is 21.1. The number of nitrogens with zero attached hydrogens (tertiary/aromatic N) is 3. The Balaban J connectivity index is 2.16. The molecule has 2 heterocycles. The number of amides is 1. The first-order valence-electron chi connectivity index (χ1n) is 8.18. The van der Waals surface area contributed by atoms with Crippen LogP contribution in [0.4, 0.5) is 13.2 Å². The fourth-order valence-corrected chi connectivity index (χ4v) is 2.75. The Morgan fingerprint density at radius 3 is 2.52 bits per heavy atom. The van der Waals surface area contributed by atoms with Crippen LogP contribution < -0.4 is 5.32 Å². The molecule has 2 aromatic rings. The van der Waals surface area contributed by atoms with Crippen LogP contribution in [-0.4, -0.2) is 42.9 Å². The van der Waals surface area contributed by atoms with Gasteiger partial charge < -0.3 is 5.32 Å². The average molecular weight is 402 g/mol. The predicted octanol–water partition coefficient (Wildman–Crippen LogP) is 2.33. The van der Waals surface area contributed by atoms with E-state index in [0.717, 1.165) is 12.3 Å². The van der Waals surface area contributed by atoms with Gasteiger partial charge in [0, 0.05) is 46.3 Å². The van der Waals surface area contributed by atoms with E-state index in [4.69, 9.17) is 0 Å². The van der Waals surface area contributed by atoms with Gasteiger partial charge in [0.25, 0.3) is 0 Å². The third-order valence-corrected chi connectivity index (χ3v) is 5.52. The second-order valence-corrected chi connectivity index (χ2v) is 8.06. The first-order chi connectivity index (χ1) is 12.5. The van der Waals surface area contributed by atoms with Gasteiger partial charge in [-0.05, 0) is 32.9 Å². The molecule has 2 atom stereocenters. The van der Waals surface area contributed by atoms with Crippen molar-refractivity contribution in [1.29, 1.82) is 0 Å². The summed E-state index contributed by atoms with van der Waals surface area (Å²) in [5.74, 6) is 0.00342. The fourth-order valence-electron chi connectivity index (χ4n) is 2.43. The summed E-state index contributed by atoms with van der Waals surface area (Å²) in [6, 6.07) is 2.18. The standard InChI is InChI=1S/C17H21F3N4O2S/c1-10(27(4)26)8-22-16(25)7-14-11(2)23-24(12(14)3)15-6-5-13(9-21-15)17(18,19)20/h5-6,9-10H,7-8H2,1-4H3,(H,22,25)/t10-,27-/m0/s1. The monoisotopic (exact) mass is 402 g/mol. The molecule has 2 rings (SSSR count). The lowest BCUT2D eigenvalue weighted by Crippen LogP contribution is -2.33. The minimum atomic E-state index is -4.46. The summed E-state index contributed by atoms with van der Waals surface area (Å²) in [6.45, 7) is 5.53. The molecule has 0 spiro atoms. The van der Waals surface area contributed by atoms with Crippen molar-refractivity contribution < 1.29 is 22.2 Å². The van der Waals surface area contributed by atoms with Crippen LogP contribution in [0.15, 0.2) is 18.3 Å². The van der Waals surface area contributed by atoms with Crippen LogP contribution in [0.3, 0.4) is 0 Å². The number of carbonyl (C=O) groups excluding carboxylic acids is 1. The molecule has 2 aromatic heterocycles. The van der Waals surface area contributed by atoms with Gasteiger partial charge in [-0.15, -0.1) is 0 Å². The van der Waals surface area contributed by atoms with Crippen LogP contribution in [0.25, 0.3) is 5.82 Å². The molecule has 10 heteroatoms. The maximum absolute atomic E-state index is 12.7. The smallest absolute Gasteiger partial charge is 0.355 e. The van der Waals surface area contributed by atoms with Crippen molar-refractivity contribution in [3.05, 3.63) is 40.8 Å². The number of hydrogen-bond donors (Lipinski definition) is 1. The molecule has 0 saturated carbocycles. The van der Waals surface area contributed by atoms with E-state index in [2.05, 4.69) is 15.4 Å². The summed E-state index contributed by atoms with van der Waals surface area (Å²) >= 11 is 0. The SMILES string of the molecule is Cc1nn(-c2ccc(C(F)(F)F)cn2)c(C)c1CC(=O)NC[C@H](C)[S@](C)=O. The molecule has 6 nitrogen and oxygen atoms in total. The van der Waals surface area contributed by atoms with Crippen molar-refractivity contribution in [2.24, 2.45) is 0 Å². The zero-order valence-electron chi connectivity index (χ0n) is 15.4. The number of rotatable bonds is 6. The molecule has 0 unspecified atom stereocenters. The number of carbonyl (C=O) groups is 1. The minimum Gasteiger partial charge on any atom is -0.355 e. The molecular weight excluding hydrogens is 381 g/mol. The van der Waals surface area contributed by atoms with Crippen LogP contribution in [0, 0.1) is 13.8 Å². The van der Waals surface area contributed by atoms with E-state index in [-0.39, 0.29) is 23.4 Å². The lowest BCUT2D eigenvalue weighted by atomic mass is 10.1. The van der Waals surface area contributed by atoms with Gasteiger partial charge in [0.2, 0.25) is 5.91 Å². The molecular formula is C17H21F3N4O2S. The predicted molar refractivity (Wildman–Crippen MR) is 96.1 cm³/mol. The lowest BCUT2D eigenvalue weighted by molar-refractivity contribution is -0.137. The topological polar surface area (TPSA) is 76.9 Å². The highest BCUT2D eigenvalue weighted by Crippen LogP contribution is 2.29. The number of hydrogen-bond acceptors (Lipinski definition) is 4. The van der Waals surface area contributed by atoms with E-state index in [0.29, 0.717) is 23.5 Å². The highest BCUT2D eigenvalue weighted by atomic mass is 32.2. The molecule has 0 fully saturated rings. The highest BCUT2D eigenvalue weighted by molar-refractivity contribution is 7.84. The van der Waals surface area contributed by atoms with Crippen LogP contribution >= 0.6 is 0 Å². The number of alkyl halides is 3. The van der Waals surface area contributed by atoms with E-state index < -0.39 is 22.5 Å². The average Bonchev–Trinajstić information content (AvgIpc) is 2.87. The van der Waals surface area contributed by atoms with Crippen LogP contribution in [0.5, 0.6) is 0 Å². The van der Waals surface area contributed by atoms with Crippen molar-refractivity contribution >= 4 is 16.7 Å². The Hall–Kier alpha value is -2.23. The maximum atomic E-state index is 12.7. The zero-order chi connectivity index (χ0) is 20.4. The first-order valence-corrected chi connectivity index (χ1v) is 9.80. The number of nitrogens with one attached hydrogen (secondary N) is 1. The maximum Gasteiger partial charge on any atom is 0.417 e. The van der Waals surface area contributed by atoms with E-state index in [1.165, 1.54) is 10.7 Å². The van der Waals surface area contributed by atoms with Gasteiger partial charge in [-0.25, -0.2) is 9.67 Å². The van der Waals surface area contributed by atoms with Gasteiger partial charge in [0.1, 0.15) is 0 Å². The van der Waals surface area contributed by atoms with Gasteiger partial charge in [0.15, 0.2) is 5.82 Å². The second-order valence-electron chi connectivity index (χ2n) is 6.25. The van der Waals surface area contributed by atoms with Crippen molar-refractivity contribution in [2.45, 2.75) is 38.6 Å². The summed E-state index contributed by atoms with van der Waals surface area (Å²) in [5, 5.41) is 6.87. The number of halogens is 3. The second kappa shape index (κ2) is 8.20. The van der Waals surface area contributed by atoms with E-state index in [1.807, 2.05) is 0 Å².